The molecule has 0 aromatic heterocycles. The highest BCUT2D eigenvalue weighted by Crippen LogP contribution is 2.21. The standard InChI is InChI=1S/C13H25N3O/c1-14(2)13(17)16-9-5-12(6-10-16)11-15-7-3-4-8-15/h12H,3-11H2,1-2H3. The highest BCUT2D eigenvalue weighted by Gasteiger charge is 2.25. The summed E-state index contributed by atoms with van der Waals surface area (Å²) in [7, 11) is 3.66. The molecule has 2 aliphatic rings. The topological polar surface area (TPSA) is 26.8 Å². The highest BCUT2D eigenvalue weighted by molar-refractivity contribution is 5.73. The van der Waals surface area contributed by atoms with Gasteiger partial charge in [-0.05, 0) is 44.7 Å². The molecule has 0 bridgehead atoms. The number of hydrogen-bond donors (Lipinski definition) is 0. The third kappa shape index (κ3) is 3.35. The van der Waals surface area contributed by atoms with Gasteiger partial charge in [0.25, 0.3) is 0 Å². The molecule has 2 amide bonds. The fourth-order valence-corrected chi connectivity index (χ4v) is 2.92. The van der Waals surface area contributed by atoms with Crippen LogP contribution in [-0.4, -0.2) is 67.5 Å². The molecule has 0 aliphatic carbocycles. The van der Waals surface area contributed by atoms with E-state index in [9.17, 15) is 4.79 Å². The van der Waals surface area contributed by atoms with Crippen molar-refractivity contribution in [2.75, 3.05) is 46.8 Å². The van der Waals surface area contributed by atoms with Gasteiger partial charge in [-0.1, -0.05) is 0 Å². The van der Waals surface area contributed by atoms with Crippen molar-refractivity contribution in [2.45, 2.75) is 25.7 Å². The van der Waals surface area contributed by atoms with Crippen molar-refractivity contribution in [1.82, 2.24) is 14.7 Å². The Morgan fingerprint density at radius 2 is 1.71 bits per heavy atom. The Balaban J connectivity index is 1.72. The number of urea groups is 1. The summed E-state index contributed by atoms with van der Waals surface area (Å²) in [6, 6.07) is 0.171. The lowest BCUT2D eigenvalue weighted by Gasteiger charge is -2.35. The van der Waals surface area contributed by atoms with Gasteiger partial charge in [0.2, 0.25) is 0 Å². The first-order valence-electron chi connectivity index (χ1n) is 6.85. The third-order valence-corrected chi connectivity index (χ3v) is 3.98. The molecular formula is C13H25N3O. The minimum Gasteiger partial charge on any atom is -0.331 e. The summed E-state index contributed by atoms with van der Waals surface area (Å²) >= 11 is 0. The molecule has 4 heteroatoms. The van der Waals surface area contributed by atoms with Gasteiger partial charge in [0.05, 0.1) is 0 Å². The van der Waals surface area contributed by atoms with Crippen LogP contribution in [0.15, 0.2) is 0 Å². The summed E-state index contributed by atoms with van der Waals surface area (Å²) in [5.74, 6) is 0.805. The Kier molecular flexibility index (Phi) is 4.26. The van der Waals surface area contributed by atoms with Crippen LogP contribution in [0.2, 0.25) is 0 Å². The van der Waals surface area contributed by atoms with Gasteiger partial charge in [-0.2, -0.15) is 0 Å². The maximum atomic E-state index is 11.8. The van der Waals surface area contributed by atoms with Crippen molar-refractivity contribution in [2.24, 2.45) is 5.92 Å². The first kappa shape index (κ1) is 12.7. The van der Waals surface area contributed by atoms with Gasteiger partial charge in [0, 0.05) is 33.7 Å². The molecule has 0 spiro atoms. The summed E-state index contributed by atoms with van der Waals surface area (Å²) in [4.78, 5) is 18.0. The van der Waals surface area contributed by atoms with Crippen LogP contribution < -0.4 is 0 Å². The van der Waals surface area contributed by atoms with E-state index in [1.54, 1.807) is 4.90 Å². The number of likely N-dealkylation sites (tertiary alicyclic amines) is 2. The van der Waals surface area contributed by atoms with E-state index in [-0.39, 0.29) is 6.03 Å². The number of nitrogens with zero attached hydrogens (tertiary/aromatic N) is 3. The third-order valence-electron chi connectivity index (χ3n) is 3.98. The van der Waals surface area contributed by atoms with E-state index >= 15 is 0 Å². The molecule has 0 radical (unpaired) electrons. The second kappa shape index (κ2) is 5.71. The van der Waals surface area contributed by atoms with E-state index in [2.05, 4.69) is 4.90 Å². The number of hydrogen-bond acceptors (Lipinski definition) is 2. The van der Waals surface area contributed by atoms with Crippen molar-refractivity contribution in [3.8, 4) is 0 Å². The van der Waals surface area contributed by atoms with Crippen LogP contribution in [0.4, 0.5) is 4.79 Å². The van der Waals surface area contributed by atoms with Crippen molar-refractivity contribution in [1.29, 1.82) is 0 Å². The van der Waals surface area contributed by atoms with E-state index in [1.165, 1.54) is 45.3 Å². The van der Waals surface area contributed by atoms with Gasteiger partial charge in [-0.25, -0.2) is 4.79 Å². The van der Waals surface area contributed by atoms with E-state index < -0.39 is 0 Å². The van der Waals surface area contributed by atoms with Crippen molar-refractivity contribution >= 4 is 6.03 Å². The molecule has 0 N–H and O–H groups in total. The molecule has 2 rings (SSSR count). The van der Waals surface area contributed by atoms with Crippen LogP contribution in [-0.2, 0) is 0 Å². The molecule has 17 heavy (non-hydrogen) atoms. The van der Waals surface area contributed by atoms with E-state index in [4.69, 9.17) is 0 Å². The zero-order valence-corrected chi connectivity index (χ0v) is 11.2. The molecular weight excluding hydrogens is 214 g/mol. The fraction of sp³-hybridized carbons (Fsp3) is 0.923. The van der Waals surface area contributed by atoms with Crippen LogP contribution in [0.1, 0.15) is 25.7 Å². The smallest absolute Gasteiger partial charge is 0.319 e. The van der Waals surface area contributed by atoms with Crippen LogP contribution in [0.5, 0.6) is 0 Å². The lowest BCUT2D eigenvalue weighted by atomic mass is 9.96. The summed E-state index contributed by atoms with van der Waals surface area (Å²) in [6.07, 6.45) is 5.10. The quantitative estimate of drug-likeness (QED) is 0.729. The summed E-state index contributed by atoms with van der Waals surface area (Å²) < 4.78 is 0. The lowest BCUT2D eigenvalue weighted by Crippen LogP contribution is -2.45. The zero-order chi connectivity index (χ0) is 12.3. The van der Waals surface area contributed by atoms with Crippen LogP contribution in [0, 0.1) is 5.92 Å². The van der Waals surface area contributed by atoms with Crippen LogP contribution in [0.3, 0.4) is 0 Å². The molecule has 0 unspecified atom stereocenters. The number of piperidine rings is 1. The average molecular weight is 239 g/mol. The second-order valence-electron chi connectivity index (χ2n) is 5.62. The molecule has 2 fully saturated rings. The van der Waals surface area contributed by atoms with Gasteiger partial charge in [0.15, 0.2) is 0 Å². The first-order chi connectivity index (χ1) is 8.16. The molecule has 2 aliphatic heterocycles. The van der Waals surface area contributed by atoms with Crippen molar-refractivity contribution < 1.29 is 4.79 Å². The minimum absolute atomic E-state index is 0.171. The molecule has 0 aromatic rings. The number of rotatable bonds is 2. The Hall–Kier alpha value is -0.770. The van der Waals surface area contributed by atoms with Gasteiger partial charge in [0.1, 0.15) is 0 Å². The monoisotopic (exact) mass is 239 g/mol. The number of amides is 2. The molecule has 98 valence electrons. The summed E-state index contributed by atoms with van der Waals surface area (Å²) in [5.41, 5.74) is 0. The van der Waals surface area contributed by atoms with Gasteiger partial charge in [-0.3, -0.25) is 0 Å². The van der Waals surface area contributed by atoms with Gasteiger partial charge in [-0.15, -0.1) is 0 Å². The molecule has 2 saturated heterocycles. The Bertz CT molecular complexity index is 253. The van der Waals surface area contributed by atoms with Crippen molar-refractivity contribution in [3.05, 3.63) is 0 Å². The van der Waals surface area contributed by atoms with Crippen LogP contribution in [0.25, 0.3) is 0 Å². The van der Waals surface area contributed by atoms with Gasteiger partial charge < -0.3 is 14.7 Å². The second-order valence-corrected chi connectivity index (χ2v) is 5.62. The predicted molar refractivity (Wildman–Crippen MR) is 69.1 cm³/mol. The van der Waals surface area contributed by atoms with E-state index in [0.29, 0.717) is 0 Å². The van der Waals surface area contributed by atoms with E-state index in [1.807, 2.05) is 19.0 Å². The molecule has 0 saturated carbocycles. The highest BCUT2D eigenvalue weighted by atomic mass is 16.2. The van der Waals surface area contributed by atoms with Crippen LogP contribution >= 0.6 is 0 Å². The van der Waals surface area contributed by atoms with Gasteiger partial charge >= 0.3 is 6.03 Å². The maximum absolute atomic E-state index is 11.8. The molecule has 2 heterocycles. The SMILES string of the molecule is CN(C)C(=O)N1CCC(CN2CCCC2)CC1. The molecule has 0 aromatic carbocycles. The Morgan fingerprint density at radius 1 is 1.12 bits per heavy atom. The molecule has 4 nitrogen and oxygen atoms in total. The Labute approximate surface area is 105 Å². The number of carbonyl (C=O) groups is 1. The fourth-order valence-electron chi connectivity index (χ4n) is 2.92. The first-order valence-corrected chi connectivity index (χ1v) is 6.85. The number of carbonyl (C=O) groups excluding carboxylic acids is 1. The summed E-state index contributed by atoms with van der Waals surface area (Å²) in [5, 5.41) is 0. The lowest BCUT2D eigenvalue weighted by molar-refractivity contribution is 0.136. The maximum Gasteiger partial charge on any atom is 0.319 e. The normalized spacial score (nSPS) is 23.1. The Morgan fingerprint density at radius 3 is 2.24 bits per heavy atom. The average Bonchev–Trinajstić information content (AvgIpc) is 2.82. The largest absolute Gasteiger partial charge is 0.331 e. The zero-order valence-electron chi connectivity index (χ0n) is 11.2. The van der Waals surface area contributed by atoms with E-state index in [0.717, 1.165) is 19.0 Å². The summed E-state index contributed by atoms with van der Waals surface area (Å²) in [6.45, 7) is 5.71. The minimum atomic E-state index is 0.171. The molecule has 0 atom stereocenters. The predicted octanol–water partition coefficient (Wildman–Crippen LogP) is 1.48. The van der Waals surface area contributed by atoms with Crippen molar-refractivity contribution in [3.63, 3.8) is 0 Å².